The van der Waals surface area contributed by atoms with Gasteiger partial charge in [-0.05, 0) is 43.2 Å². The maximum atomic E-state index is 11.9. The molecular weight excluding hydrogens is 366 g/mol. The van der Waals surface area contributed by atoms with Gasteiger partial charge in [0.25, 0.3) is 0 Å². The molecule has 0 bridgehead atoms. The number of nitrogens with two attached hydrogens (primary N) is 1. The van der Waals surface area contributed by atoms with E-state index in [0.29, 0.717) is 32.5 Å². The summed E-state index contributed by atoms with van der Waals surface area (Å²) in [6.45, 7) is 3.48. The number of hydrogen-bond acceptors (Lipinski definition) is 5. The Morgan fingerprint density at radius 1 is 1.07 bits per heavy atom. The molecule has 0 aliphatic heterocycles. The van der Waals surface area contributed by atoms with E-state index < -0.39 is 10.0 Å². The van der Waals surface area contributed by atoms with E-state index in [1.807, 2.05) is 31.2 Å². The van der Waals surface area contributed by atoms with Crippen LogP contribution < -0.4 is 20.5 Å². The Morgan fingerprint density at radius 2 is 1.78 bits per heavy atom. The Labute approximate surface area is 160 Å². The van der Waals surface area contributed by atoms with E-state index in [9.17, 15) is 13.2 Å². The monoisotopic (exact) mass is 391 g/mol. The van der Waals surface area contributed by atoms with Gasteiger partial charge in [0.2, 0.25) is 15.9 Å². The summed E-state index contributed by atoms with van der Waals surface area (Å²) in [6.07, 6.45) is 0.946. The van der Waals surface area contributed by atoms with E-state index in [1.165, 1.54) is 12.1 Å². The summed E-state index contributed by atoms with van der Waals surface area (Å²) < 4.78 is 28.0. The van der Waals surface area contributed by atoms with Crippen molar-refractivity contribution in [2.75, 3.05) is 25.0 Å². The number of amides is 1. The molecule has 7 nitrogen and oxygen atoms in total. The molecule has 4 N–H and O–H groups in total. The predicted octanol–water partition coefficient (Wildman–Crippen LogP) is 1.89. The summed E-state index contributed by atoms with van der Waals surface area (Å²) in [5.74, 6) is 0.709. The molecule has 1 amide bonds. The number of carbonyl (C=O) groups is 1. The Hall–Kier alpha value is -2.58. The minimum atomic E-state index is -3.68. The lowest BCUT2D eigenvalue weighted by Gasteiger charge is -2.12. The third-order valence-electron chi connectivity index (χ3n) is 3.84. The fourth-order valence-corrected chi connectivity index (χ4v) is 3.00. The van der Waals surface area contributed by atoms with E-state index in [4.69, 9.17) is 9.88 Å². The molecule has 8 heteroatoms. The van der Waals surface area contributed by atoms with Crippen molar-refractivity contribution >= 4 is 21.6 Å². The highest BCUT2D eigenvalue weighted by Gasteiger charge is 2.07. The molecule has 2 rings (SSSR count). The zero-order valence-electron chi connectivity index (χ0n) is 15.3. The van der Waals surface area contributed by atoms with E-state index in [0.717, 1.165) is 17.0 Å². The summed E-state index contributed by atoms with van der Waals surface area (Å²) in [5, 5.41) is 11.1. The number of benzene rings is 2. The van der Waals surface area contributed by atoms with E-state index >= 15 is 0 Å². The van der Waals surface area contributed by atoms with Crippen LogP contribution >= 0.6 is 0 Å². The molecule has 0 atom stereocenters. The molecule has 0 unspecified atom stereocenters. The summed E-state index contributed by atoms with van der Waals surface area (Å²) in [7, 11) is -3.68. The lowest BCUT2D eigenvalue weighted by molar-refractivity contribution is -0.120. The molecule has 2 aromatic carbocycles. The minimum absolute atomic E-state index is 0.0578. The maximum Gasteiger partial charge on any atom is 0.238 e. The van der Waals surface area contributed by atoms with Crippen LogP contribution in [0.1, 0.15) is 18.9 Å². The Morgan fingerprint density at radius 3 is 2.44 bits per heavy atom. The first-order chi connectivity index (χ1) is 12.9. The van der Waals surface area contributed by atoms with Crippen molar-refractivity contribution in [2.24, 2.45) is 5.14 Å². The molecule has 27 heavy (non-hydrogen) atoms. The van der Waals surface area contributed by atoms with Crippen molar-refractivity contribution in [1.29, 1.82) is 0 Å². The van der Waals surface area contributed by atoms with E-state index in [2.05, 4.69) is 10.6 Å². The SMILES string of the molecule is CCOc1ccccc1NCCC(=O)NCCc1ccc(S(N)(=O)=O)cc1. The van der Waals surface area contributed by atoms with Gasteiger partial charge in [-0.2, -0.15) is 0 Å². The fourth-order valence-electron chi connectivity index (χ4n) is 2.49. The highest BCUT2D eigenvalue weighted by molar-refractivity contribution is 7.89. The second kappa shape index (κ2) is 9.94. The largest absolute Gasteiger partial charge is 0.492 e. The molecule has 0 radical (unpaired) electrons. The van der Waals surface area contributed by atoms with Gasteiger partial charge in [0, 0.05) is 19.5 Å². The minimum Gasteiger partial charge on any atom is -0.492 e. The van der Waals surface area contributed by atoms with Crippen molar-refractivity contribution in [3.8, 4) is 5.75 Å². The smallest absolute Gasteiger partial charge is 0.238 e. The summed E-state index contributed by atoms with van der Waals surface area (Å²) in [6, 6.07) is 13.9. The van der Waals surface area contributed by atoms with Crippen molar-refractivity contribution in [3.63, 3.8) is 0 Å². The van der Waals surface area contributed by atoms with Crippen molar-refractivity contribution in [3.05, 3.63) is 54.1 Å². The summed E-state index contributed by atoms with van der Waals surface area (Å²) in [4.78, 5) is 12.0. The molecule has 2 aromatic rings. The standard InChI is InChI=1S/C19H25N3O4S/c1-2-26-18-6-4-3-5-17(18)21-14-12-19(23)22-13-11-15-7-9-16(10-8-15)27(20,24)25/h3-10,21H,2,11-14H2,1H3,(H,22,23)(H2,20,24,25). The van der Waals surface area contributed by atoms with Gasteiger partial charge in [-0.3, -0.25) is 4.79 Å². The highest BCUT2D eigenvalue weighted by Crippen LogP contribution is 2.23. The first-order valence-corrected chi connectivity index (χ1v) is 10.3. The zero-order chi connectivity index (χ0) is 19.7. The number of hydrogen-bond donors (Lipinski definition) is 3. The van der Waals surface area contributed by atoms with Crippen LogP contribution in [-0.4, -0.2) is 34.0 Å². The number of carbonyl (C=O) groups excluding carboxylic acids is 1. The van der Waals surface area contributed by atoms with Gasteiger partial charge >= 0.3 is 0 Å². The number of anilines is 1. The van der Waals surface area contributed by atoms with Crippen LogP contribution in [-0.2, 0) is 21.2 Å². The van der Waals surface area contributed by atoms with Gasteiger partial charge in [-0.1, -0.05) is 24.3 Å². The molecule has 0 aliphatic rings. The second-order valence-electron chi connectivity index (χ2n) is 5.89. The lowest BCUT2D eigenvalue weighted by atomic mass is 10.1. The zero-order valence-corrected chi connectivity index (χ0v) is 16.1. The molecule has 0 fully saturated rings. The van der Waals surface area contributed by atoms with Gasteiger partial charge in [0.15, 0.2) is 0 Å². The Bertz CT molecular complexity index is 852. The molecule has 146 valence electrons. The van der Waals surface area contributed by atoms with E-state index in [1.54, 1.807) is 12.1 Å². The summed E-state index contributed by atoms with van der Waals surface area (Å²) >= 11 is 0. The number of rotatable bonds is 10. The maximum absolute atomic E-state index is 11.9. The second-order valence-corrected chi connectivity index (χ2v) is 7.46. The Balaban J connectivity index is 1.71. The van der Waals surface area contributed by atoms with E-state index in [-0.39, 0.29) is 10.8 Å². The Kier molecular flexibility index (Phi) is 7.63. The molecule has 0 heterocycles. The topological polar surface area (TPSA) is 111 Å². The van der Waals surface area contributed by atoms with Crippen LogP contribution in [0.4, 0.5) is 5.69 Å². The first kappa shape index (κ1) is 20.7. The van der Waals surface area contributed by atoms with Gasteiger partial charge < -0.3 is 15.4 Å². The molecule has 0 spiro atoms. The molecule has 0 aromatic heterocycles. The first-order valence-electron chi connectivity index (χ1n) is 8.74. The fraction of sp³-hybridized carbons (Fsp3) is 0.316. The highest BCUT2D eigenvalue weighted by atomic mass is 32.2. The van der Waals surface area contributed by atoms with Crippen LogP contribution in [0.3, 0.4) is 0 Å². The van der Waals surface area contributed by atoms with Crippen LogP contribution in [0.5, 0.6) is 5.75 Å². The molecular formula is C19H25N3O4S. The van der Waals surface area contributed by atoms with Gasteiger partial charge in [-0.15, -0.1) is 0 Å². The van der Waals surface area contributed by atoms with Crippen molar-refractivity contribution in [1.82, 2.24) is 5.32 Å². The predicted molar refractivity (Wildman–Crippen MR) is 105 cm³/mol. The normalized spacial score (nSPS) is 11.0. The third kappa shape index (κ3) is 6.92. The van der Waals surface area contributed by atoms with Gasteiger partial charge in [-0.25, -0.2) is 13.6 Å². The van der Waals surface area contributed by atoms with Crippen LogP contribution in [0.15, 0.2) is 53.4 Å². The summed E-state index contributed by atoms with van der Waals surface area (Å²) in [5.41, 5.74) is 1.79. The van der Waals surface area contributed by atoms with Gasteiger partial charge in [0.1, 0.15) is 5.75 Å². The average Bonchev–Trinajstić information content (AvgIpc) is 2.63. The number of ether oxygens (including phenoxy) is 1. The van der Waals surface area contributed by atoms with Crippen molar-refractivity contribution < 1.29 is 17.9 Å². The third-order valence-corrected chi connectivity index (χ3v) is 4.77. The average molecular weight is 391 g/mol. The molecule has 0 saturated carbocycles. The van der Waals surface area contributed by atoms with Gasteiger partial charge in [0.05, 0.1) is 17.2 Å². The number of sulfonamides is 1. The number of para-hydroxylation sites is 2. The quantitative estimate of drug-likeness (QED) is 0.573. The van der Waals surface area contributed by atoms with Crippen LogP contribution in [0.2, 0.25) is 0 Å². The van der Waals surface area contributed by atoms with Crippen LogP contribution in [0.25, 0.3) is 0 Å². The van der Waals surface area contributed by atoms with Crippen LogP contribution in [0, 0.1) is 0 Å². The molecule has 0 saturated heterocycles. The number of primary sulfonamides is 1. The van der Waals surface area contributed by atoms with Crippen molar-refractivity contribution in [2.45, 2.75) is 24.7 Å². The molecule has 0 aliphatic carbocycles. The lowest BCUT2D eigenvalue weighted by Crippen LogP contribution is -2.27. The number of nitrogens with one attached hydrogen (secondary N) is 2.